The highest BCUT2D eigenvalue weighted by Crippen LogP contribution is 2.50. The summed E-state index contributed by atoms with van der Waals surface area (Å²) in [5, 5.41) is 11.0. The minimum atomic E-state index is -0.317. The normalized spacial score (nSPS) is 20.9. The van der Waals surface area contributed by atoms with Crippen LogP contribution in [0.4, 0.5) is 0 Å². The molecule has 2 aromatic carbocycles. The summed E-state index contributed by atoms with van der Waals surface area (Å²) in [5.74, 6) is 0.287. The molecule has 0 bridgehead atoms. The van der Waals surface area contributed by atoms with Gasteiger partial charge in [0.15, 0.2) is 0 Å². The number of nitrogens with zero attached hydrogens (tertiary/aromatic N) is 2. The van der Waals surface area contributed by atoms with E-state index in [2.05, 4.69) is 66.2 Å². The summed E-state index contributed by atoms with van der Waals surface area (Å²) < 4.78 is 0. The number of carbonyl (C=O) groups excluding carboxylic acids is 1. The van der Waals surface area contributed by atoms with E-state index in [1.165, 1.54) is 16.7 Å². The van der Waals surface area contributed by atoms with Crippen LogP contribution >= 0.6 is 11.3 Å². The van der Waals surface area contributed by atoms with Gasteiger partial charge in [0.1, 0.15) is 10.8 Å². The van der Waals surface area contributed by atoms with Crippen molar-refractivity contribution < 1.29 is 9.90 Å². The molecule has 1 aliphatic heterocycles. The quantitative estimate of drug-likeness (QED) is 0.569. The Morgan fingerprint density at radius 1 is 1.19 bits per heavy atom. The second kappa shape index (κ2) is 8.54. The number of hydrogen-bond acceptors (Lipinski definition) is 5. The molecule has 1 unspecified atom stereocenters. The lowest BCUT2D eigenvalue weighted by Gasteiger charge is -2.26. The summed E-state index contributed by atoms with van der Waals surface area (Å²) in [4.78, 5) is 21.5. The molecule has 1 N–H and O–H groups in total. The molecule has 0 spiro atoms. The molecule has 1 aliphatic carbocycles. The molecule has 0 radical (unpaired) electrons. The Morgan fingerprint density at radius 2 is 1.97 bits per heavy atom. The average molecular weight is 447 g/mol. The molecule has 32 heavy (non-hydrogen) atoms. The molecular formula is C27H30N2O2S. The molecule has 0 amide bonds. The fraction of sp³-hybridized carbons (Fsp3) is 0.407. The lowest BCUT2D eigenvalue weighted by molar-refractivity contribution is -0.120. The maximum absolute atomic E-state index is 13.4. The molecule has 3 aromatic rings. The minimum absolute atomic E-state index is 0.0735. The van der Waals surface area contributed by atoms with Crippen LogP contribution in [0, 0.1) is 13.8 Å². The first-order chi connectivity index (χ1) is 15.5. The number of thiazole rings is 1. The summed E-state index contributed by atoms with van der Waals surface area (Å²) in [5.41, 5.74) is 4.56. The number of aryl methyl sites for hydroxylation is 2. The van der Waals surface area contributed by atoms with Crippen LogP contribution in [0.5, 0.6) is 0 Å². The average Bonchev–Trinajstić information content (AvgIpc) is 3.31. The van der Waals surface area contributed by atoms with Gasteiger partial charge in [-0.2, -0.15) is 0 Å². The summed E-state index contributed by atoms with van der Waals surface area (Å²) in [6.07, 6.45) is 4.72. The fourth-order valence-electron chi connectivity index (χ4n) is 4.92. The first kappa shape index (κ1) is 21.5. The highest BCUT2D eigenvalue weighted by atomic mass is 32.1. The van der Waals surface area contributed by atoms with Crippen molar-refractivity contribution in [1.82, 2.24) is 9.88 Å². The van der Waals surface area contributed by atoms with Gasteiger partial charge < -0.3 is 5.11 Å². The van der Waals surface area contributed by atoms with Crippen LogP contribution in [0.1, 0.15) is 57.4 Å². The van der Waals surface area contributed by atoms with Crippen molar-refractivity contribution in [2.75, 3.05) is 13.1 Å². The highest BCUT2D eigenvalue weighted by molar-refractivity contribution is 7.11. The van der Waals surface area contributed by atoms with Crippen molar-refractivity contribution in [2.24, 2.45) is 0 Å². The van der Waals surface area contributed by atoms with Gasteiger partial charge in [-0.3, -0.25) is 9.69 Å². The second-order valence-electron chi connectivity index (χ2n) is 9.39. The van der Waals surface area contributed by atoms with E-state index in [4.69, 9.17) is 0 Å². The van der Waals surface area contributed by atoms with E-state index in [0.717, 1.165) is 41.3 Å². The number of likely N-dealkylation sites (tertiary alicyclic amines) is 1. The number of carbonyl (C=O) groups is 1. The number of benzene rings is 2. The maximum Gasteiger partial charge on any atom is 0.150 e. The Bertz CT molecular complexity index is 1120. The van der Waals surface area contributed by atoms with Gasteiger partial charge in [0.05, 0.1) is 24.0 Å². The summed E-state index contributed by atoms with van der Waals surface area (Å²) in [6, 6.07) is 16.9. The number of hydrogen-bond donors (Lipinski definition) is 1. The zero-order chi connectivity index (χ0) is 22.3. The van der Waals surface area contributed by atoms with Crippen LogP contribution in [0.25, 0.3) is 0 Å². The zero-order valence-corrected chi connectivity index (χ0v) is 19.6. The van der Waals surface area contributed by atoms with Crippen LogP contribution in [-0.2, 0) is 16.6 Å². The van der Waals surface area contributed by atoms with Gasteiger partial charge in [-0.1, -0.05) is 48.5 Å². The van der Waals surface area contributed by atoms with Gasteiger partial charge in [0, 0.05) is 24.2 Å². The van der Waals surface area contributed by atoms with E-state index in [0.29, 0.717) is 13.0 Å². The largest absolute Gasteiger partial charge is 0.392 e. The molecule has 2 aliphatic rings. The third-order valence-corrected chi connectivity index (χ3v) is 8.22. The van der Waals surface area contributed by atoms with Gasteiger partial charge in [0.25, 0.3) is 0 Å². The van der Waals surface area contributed by atoms with Crippen LogP contribution in [0.15, 0.2) is 54.7 Å². The molecule has 4 nitrogen and oxygen atoms in total. The summed E-state index contributed by atoms with van der Waals surface area (Å²) in [7, 11) is 0. The van der Waals surface area contributed by atoms with Crippen LogP contribution in [0.2, 0.25) is 0 Å². The molecule has 2 atom stereocenters. The van der Waals surface area contributed by atoms with E-state index in [-0.39, 0.29) is 23.3 Å². The van der Waals surface area contributed by atoms with E-state index in [1.807, 2.05) is 12.3 Å². The van der Waals surface area contributed by atoms with E-state index in [9.17, 15) is 9.90 Å². The second-order valence-corrected chi connectivity index (χ2v) is 10.5. The SMILES string of the molecule is Cc1ccc(C2(C(=O)Cc3ncc(C(c4ccccc4)N4CC[C@@H](O)C4)s3)CC2)cc1C. The van der Waals surface area contributed by atoms with E-state index >= 15 is 0 Å². The molecule has 5 rings (SSSR count). The Labute approximate surface area is 193 Å². The first-order valence-electron chi connectivity index (χ1n) is 11.5. The molecule has 1 saturated heterocycles. The van der Waals surface area contributed by atoms with E-state index in [1.54, 1.807) is 11.3 Å². The van der Waals surface area contributed by atoms with Gasteiger partial charge in [-0.25, -0.2) is 4.98 Å². The Morgan fingerprint density at radius 3 is 2.62 bits per heavy atom. The van der Waals surface area contributed by atoms with Crippen molar-refractivity contribution in [3.63, 3.8) is 0 Å². The monoisotopic (exact) mass is 446 g/mol. The molecule has 166 valence electrons. The Kier molecular flexibility index (Phi) is 5.74. The third-order valence-electron chi connectivity index (χ3n) is 7.17. The number of Topliss-reactive ketones (excluding diaryl/α,β-unsaturated/α-hetero) is 1. The number of ketones is 1. The topological polar surface area (TPSA) is 53.4 Å². The number of aromatic nitrogens is 1. The van der Waals surface area contributed by atoms with Crippen molar-refractivity contribution in [3.8, 4) is 0 Å². The smallest absolute Gasteiger partial charge is 0.150 e. The van der Waals surface area contributed by atoms with Gasteiger partial charge >= 0.3 is 0 Å². The predicted molar refractivity (Wildman–Crippen MR) is 128 cm³/mol. The highest BCUT2D eigenvalue weighted by Gasteiger charge is 2.50. The van der Waals surface area contributed by atoms with Crippen LogP contribution in [0.3, 0.4) is 0 Å². The number of rotatable bonds is 7. The predicted octanol–water partition coefficient (Wildman–Crippen LogP) is 4.76. The number of β-amino-alcohol motifs (C(OH)–C–C–N with tert-alkyl or cyclic N) is 1. The molecule has 2 fully saturated rings. The summed E-state index contributed by atoms with van der Waals surface area (Å²) >= 11 is 1.64. The molecule has 2 heterocycles. The number of aliphatic hydroxyl groups excluding tert-OH is 1. The zero-order valence-electron chi connectivity index (χ0n) is 18.8. The lowest BCUT2D eigenvalue weighted by atomic mass is 9.88. The standard InChI is InChI=1S/C27H30N2O2S/c1-18-8-9-21(14-19(18)2)27(11-12-27)24(31)15-25-28-16-23(32-25)26(20-6-4-3-5-7-20)29-13-10-22(30)17-29/h3-9,14,16,22,26,30H,10-13,15,17H2,1-2H3/t22-,26?/m1/s1. The van der Waals surface area contributed by atoms with Crippen molar-refractivity contribution in [2.45, 2.75) is 57.1 Å². The Hall–Kier alpha value is -2.34. The molecule has 1 saturated carbocycles. The van der Waals surface area contributed by atoms with Gasteiger partial charge in [-0.15, -0.1) is 11.3 Å². The number of aliphatic hydroxyl groups is 1. The fourth-order valence-corrected chi connectivity index (χ4v) is 6.01. The Balaban J connectivity index is 1.37. The minimum Gasteiger partial charge on any atom is -0.392 e. The van der Waals surface area contributed by atoms with E-state index < -0.39 is 0 Å². The van der Waals surface area contributed by atoms with Gasteiger partial charge in [-0.05, 0) is 55.4 Å². The molecule has 1 aromatic heterocycles. The summed E-state index contributed by atoms with van der Waals surface area (Å²) in [6.45, 7) is 5.76. The van der Waals surface area contributed by atoms with Gasteiger partial charge in [0.2, 0.25) is 0 Å². The van der Waals surface area contributed by atoms with Crippen LogP contribution < -0.4 is 0 Å². The van der Waals surface area contributed by atoms with Crippen molar-refractivity contribution in [3.05, 3.63) is 86.9 Å². The maximum atomic E-state index is 13.4. The third kappa shape index (κ3) is 4.05. The molecule has 5 heteroatoms. The molecular weight excluding hydrogens is 416 g/mol. The van der Waals surface area contributed by atoms with Crippen LogP contribution in [-0.4, -0.2) is 40.0 Å². The lowest BCUT2D eigenvalue weighted by Crippen LogP contribution is -2.27. The van der Waals surface area contributed by atoms with Crippen molar-refractivity contribution >= 4 is 17.1 Å². The van der Waals surface area contributed by atoms with Crippen molar-refractivity contribution in [1.29, 1.82) is 0 Å². The first-order valence-corrected chi connectivity index (χ1v) is 12.3.